The minimum atomic E-state index is 0.372. The van der Waals surface area contributed by atoms with Crippen LogP contribution in [-0.4, -0.2) is 25.6 Å². The Hall–Kier alpha value is -0.730. The maximum absolute atomic E-state index is 4.48. The molecule has 2 aromatic rings. The second kappa shape index (κ2) is 5.10. The molecule has 96 valence electrons. The highest BCUT2D eigenvalue weighted by Gasteiger charge is 2.22. The van der Waals surface area contributed by atoms with E-state index >= 15 is 0 Å². The number of nitrogens with one attached hydrogen (secondary N) is 1. The second-order valence-electron chi connectivity index (χ2n) is 4.47. The first-order valence-electron chi connectivity index (χ1n) is 5.82. The minimum Gasteiger partial charge on any atom is -0.357 e. The molecule has 0 radical (unpaired) electrons. The van der Waals surface area contributed by atoms with Gasteiger partial charge in [0, 0.05) is 12.0 Å². The molecule has 3 rings (SSSR count). The first kappa shape index (κ1) is 12.3. The van der Waals surface area contributed by atoms with E-state index in [0.29, 0.717) is 12.0 Å². The molecule has 2 aromatic heterocycles. The van der Waals surface area contributed by atoms with Gasteiger partial charge in [-0.05, 0) is 36.1 Å². The van der Waals surface area contributed by atoms with Crippen LogP contribution in [0.4, 0.5) is 5.13 Å². The molecule has 5 nitrogen and oxygen atoms in total. The predicted molar refractivity (Wildman–Crippen MR) is 74.7 cm³/mol. The fourth-order valence-electron chi connectivity index (χ4n) is 1.28. The SMILES string of the molecule is CC(C)c1nsc(Sc2nnc(NC3CC3)s2)n1. The minimum absolute atomic E-state index is 0.372. The molecular formula is C10H13N5S3. The fourth-order valence-corrected chi connectivity index (χ4v) is 4.06. The van der Waals surface area contributed by atoms with Gasteiger partial charge < -0.3 is 5.32 Å². The van der Waals surface area contributed by atoms with Crippen molar-refractivity contribution in [1.29, 1.82) is 0 Å². The van der Waals surface area contributed by atoms with Crippen molar-refractivity contribution in [3.63, 3.8) is 0 Å². The molecule has 0 bridgehead atoms. The Labute approximate surface area is 118 Å². The zero-order valence-corrected chi connectivity index (χ0v) is 12.5. The second-order valence-corrected chi connectivity index (χ2v) is 7.69. The lowest BCUT2D eigenvalue weighted by Crippen LogP contribution is -1.99. The van der Waals surface area contributed by atoms with Gasteiger partial charge in [-0.25, -0.2) is 4.98 Å². The van der Waals surface area contributed by atoms with Gasteiger partial charge in [-0.15, -0.1) is 10.2 Å². The Kier molecular flexibility index (Phi) is 3.49. The molecule has 2 heterocycles. The largest absolute Gasteiger partial charge is 0.357 e. The van der Waals surface area contributed by atoms with Crippen molar-refractivity contribution in [2.75, 3.05) is 5.32 Å². The molecule has 0 aromatic carbocycles. The summed E-state index contributed by atoms with van der Waals surface area (Å²) in [4.78, 5) is 4.48. The van der Waals surface area contributed by atoms with Crippen LogP contribution >= 0.6 is 34.6 Å². The summed E-state index contributed by atoms with van der Waals surface area (Å²) in [6, 6.07) is 0.616. The van der Waals surface area contributed by atoms with Crippen LogP contribution in [0.2, 0.25) is 0 Å². The summed E-state index contributed by atoms with van der Waals surface area (Å²) in [5.74, 6) is 1.28. The van der Waals surface area contributed by atoms with Gasteiger partial charge in [-0.3, -0.25) is 0 Å². The van der Waals surface area contributed by atoms with Crippen LogP contribution in [0.5, 0.6) is 0 Å². The monoisotopic (exact) mass is 299 g/mol. The highest BCUT2D eigenvalue weighted by atomic mass is 32.2. The zero-order valence-electron chi connectivity index (χ0n) is 10.1. The quantitative estimate of drug-likeness (QED) is 0.914. The van der Waals surface area contributed by atoms with E-state index in [-0.39, 0.29) is 0 Å². The van der Waals surface area contributed by atoms with Gasteiger partial charge in [0.2, 0.25) is 5.13 Å². The van der Waals surface area contributed by atoms with Crippen molar-refractivity contribution >= 4 is 39.8 Å². The third-order valence-corrected chi connectivity index (χ3v) is 5.10. The van der Waals surface area contributed by atoms with Crippen molar-refractivity contribution in [3.8, 4) is 0 Å². The van der Waals surface area contributed by atoms with Gasteiger partial charge in [-0.2, -0.15) is 4.37 Å². The van der Waals surface area contributed by atoms with Crippen molar-refractivity contribution in [1.82, 2.24) is 19.6 Å². The summed E-state index contributed by atoms with van der Waals surface area (Å²) in [6.45, 7) is 4.19. The summed E-state index contributed by atoms with van der Waals surface area (Å²) in [5, 5.41) is 12.5. The van der Waals surface area contributed by atoms with Gasteiger partial charge in [0.15, 0.2) is 8.68 Å². The fraction of sp³-hybridized carbons (Fsp3) is 0.600. The predicted octanol–water partition coefficient (Wildman–Crippen LogP) is 3.24. The lowest BCUT2D eigenvalue weighted by molar-refractivity contribution is 0.789. The number of rotatable bonds is 5. The molecule has 1 fully saturated rings. The van der Waals surface area contributed by atoms with Crippen LogP contribution in [0.3, 0.4) is 0 Å². The lowest BCUT2D eigenvalue weighted by atomic mass is 10.2. The number of aromatic nitrogens is 4. The molecule has 1 aliphatic carbocycles. The highest BCUT2D eigenvalue weighted by Crippen LogP contribution is 2.35. The number of anilines is 1. The van der Waals surface area contributed by atoms with E-state index in [1.165, 1.54) is 24.4 Å². The Bertz CT molecular complexity index is 531. The Morgan fingerprint density at radius 3 is 2.78 bits per heavy atom. The molecule has 1 aliphatic rings. The Morgan fingerprint density at radius 1 is 1.28 bits per heavy atom. The molecule has 0 saturated heterocycles. The first-order valence-corrected chi connectivity index (χ1v) is 8.23. The van der Waals surface area contributed by atoms with E-state index in [9.17, 15) is 0 Å². The standard InChI is InChI=1S/C10H13N5S3/c1-5(2)7-12-9(18-15-7)17-10-14-13-8(16-10)11-6-3-4-6/h5-6H,3-4H2,1-2H3,(H,11,13). The highest BCUT2D eigenvalue weighted by molar-refractivity contribution is 8.02. The van der Waals surface area contributed by atoms with Gasteiger partial charge in [-0.1, -0.05) is 25.2 Å². The maximum Gasteiger partial charge on any atom is 0.206 e. The molecule has 0 spiro atoms. The smallest absolute Gasteiger partial charge is 0.206 e. The Morgan fingerprint density at radius 2 is 2.11 bits per heavy atom. The van der Waals surface area contributed by atoms with Crippen LogP contribution in [0.25, 0.3) is 0 Å². The molecule has 0 atom stereocenters. The van der Waals surface area contributed by atoms with Crippen molar-refractivity contribution < 1.29 is 0 Å². The van der Waals surface area contributed by atoms with E-state index in [4.69, 9.17) is 0 Å². The first-order chi connectivity index (χ1) is 8.70. The maximum atomic E-state index is 4.48. The van der Waals surface area contributed by atoms with Crippen LogP contribution in [-0.2, 0) is 0 Å². The van der Waals surface area contributed by atoms with E-state index < -0.39 is 0 Å². The van der Waals surface area contributed by atoms with Crippen LogP contribution in [0.1, 0.15) is 38.4 Å². The van der Waals surface area contributed by atoms with Crippen molar-refractivity contribution in [2.45, 2.75) is 47.3 Å². The molecule has 0 unspecified atom stereocenters. The summed E-state index contributed by atoms with van der Waals surface area (Å²) in [5.41, 5.74) is 0. The zero-order chi connectivity index (χ0) is 12.5. The van der Waals surface area contributed by atoms with Gasteiger partial charge >= 0.3 is 0 Å². The molecule has 18 heavy (non-hydrogen) atoms. The number of hydrogen-bond acceptors (Lipinski definition) is 8. The topological polar surface area (TPSA) is 63.6 Å². The average Bonchev–Trinajstić information content (AvgIpc) is 2.85. The Balaban J connectivity index is 1.65. The van der Waals surface area contributed by atoms with Gasteiger partial charge in [0.05, 0.1) is 0 Å². The van der Waals surface area contributed by atoms with E-state index in [1.807, 2.05) is 0 Å². The molecule has 1 saturated carbocycles. The normalized spacial score (nSPS) is 15.3. The molecule has 0 amide bonds. The van der Waals surface area contributed by atoms with Crippen LogP contribution in [0, 0.1) is 0 Å². The van der Waals surface area contributed by atoms with Crippen LogP contribution in [0.15, 0.2) is 8.68 Å². The number of nitrogens with zero attached hydrogens (tertiary/aromatic N) is 4. The van der Waals surface area contributed by atoms with Crippen LogP contribution < -0.4 is 5.32 Å². The third-order valence-electron chi connectivity index (χ3n) is 2.43. The molecule has 8 heteroatoms. The van der Waals surface area contributed by atoms with E-state index in [0.717, 1.165) is 19.6 Å². The van der Waals surface area contributed by atoms with E-state index in [1.54, 1.807) is 23.1 Å². The summed E-state index contributed by atoms with van der Waals surface area (Å²) < 4.78 is 6.19. The van der Waals surface area contributed by atoms with Crippen molar-refractivity contribution in [2.24, 2.45) is 0 Å². The summed E-state index contributed by atoms with van der Waals surface area (Å²) >= 11 is 4.55. The third kappa shape index (κ3) is 2.99. The molecule has 0 aliphatic heterocycles. The summed E-state index contributed by atoms with van der Waals surface area (Å²) in [6.07, 6.45) is 2.49. The van der Waals surface area contributed by atoms with Gasteiger partial charge in [0.25, 0.3) is 0 Å². The van der Waals surface area contributed by atoms with E-state index in [2.05, 4.69) is 38.7 Å². The average molecular weight is 299 g/mol. The van der Waals surface area contributed by atoms with Gasteiger partial charge in [0.1, 0.15) is 5.82 Å². The molecule has 1 N–H and O–H groups in total. The molecular weight excluding hydrogens is 286 g/mol. The summed E-state index contributed by atoms with van der Waals surface area (Å²) in [7, 11) is 0. The lowest BCUT2D eigenvalue weighted by Gasteiger charge is -1.94. The number of hydrogen-bond donors (Lipinski definition) is 1. The van der Waals surface area contributed by atoms with Crippen molar-refractivity contribution in [3.05, 3.63) is 5.82 Å².